The Morgan fingerprint density at radius 2 is 1.97 bits per heavy atom. The van der Waals surface area contributed by atoms with Crippen LogP contribution in [0.1, 0.15) is 6.42 Å². The normalized spacial score (nSPS) is 13.8. The summed E-state index contributed by atoms with van der Waals surface area (Å²) in [6, 6.07) is 8.65. The summed E-state index contributed by atoms with van der Waals surface area (Å²) in [6.45, 7) is 3.72. The number of benzene rings is 1. The van der Waals surface area contributed by atoms with Gasteiger partial charge in [-0.2, -0.15) is 0 Å². The largest absolute Gasteiger partial charge is 0.494 e. The van der Waals surface area contributed by atoms with Gasteiger partial charge >= 0.3 is 0 Å². The highest BCUT2D eigenvalue weighted by molar-refractivity contribution is 5.99. The molecule has 0 radical (unpaired) electrons. The number of halogens is 2. The zero-order chi connectivity index (χ0) is 22.1. The average Bonchev–Trinajstić information content (AvgIpc) is 3.12. The second-order valence-electron chi connectivity index (χ2n) is 7.60. The van der Waals surface area contributed by atoms with Gasteiger partial charge in [0.1, 0.15) is 29.8 Å². The van der Waals surface area contributed by atoms with E-state index >= 15 is 0 Å². The van der Waals surface area contributed by atoms with Crippen LogP contribution in [0.4, 0.5) is 20.3 Å². The van der Waals surface area contributed by atoms with Crippen LogP contribution in [0.3, 0.4) is 0 Å². The van der Waals surface area contributed by atoms with Crippen LogP contribution in [0.25, 0.3) is 22.2 Å². The van der Waals surface area contributed by atoms with Crippen molar-refractivity contribution in [2.75, 3.05) is 31.6 Å². The van der Waals surface area contributed by atoms with Crippen molar-refractivity contribution in [1.29, 1.82) is 0 Å². The Morgan fingerprint density at radius 1 is 1.16 bits per heavy atom. The van der Waals surface area contributed by atoms with Gasteiger partial charge in [0.15, 0.2) is 5.88 Å². The van der Waals surface area contributed by atoms with E-state index in [0.717, 1.165) is 19.6 Å². The molecule has 1 aromatic carbocycles. The van der Waals surface area contributed by atoms with Gasteiger partial charge in [0, 0.05) is 12.7 Å². The van der Waals surface area contributed by atoms with Crippen molar-refractivity contribution in [3.8, 4) is 22.9 Å². The molecule has 3 N–H and O–H groups in total. The zero-order valence-electron chi connectivity index (χ0n) is 17.1. The molecular weight excluding hydrogens is 416 g/mol. The Labute approximate surface area is 182 Å². The molecule has 0 saturated carbocycles. The van der Waals surface area contributed by atoms with Crippen molar-refractivity contribution in [1.82, 2.24) is 19.9 Å². The number of nitrogens with zero attached hydrogens (tertiary/aromatic N) is 3. The van der Waals surface area contributed by atoms with Crippen LogP contribution in [-0.2, 0) is 0 Å². The quantitative estimate of drug-likeness (QED) is 0.396. The first-order valence-corrected chi connectivity index (χ1v) is 10.3. The molecule has 0 unspecified atom stereocenters. The lowest BCUT2D eigenvalue weighted by molar-refractivity contribution is 0.147. The van der Waals surface area contributed by atoms with E-state index in [9.17, 15) is 13.9 Å². The summed E-state index contributed by atoms with van der Waals surface area (Å²) in [6.07, 6.45) is 4.32. The number of rotatable bonds is 7. The summed E-state index contributed by atoms with van der Waals surface area (Å²) < 4.78 is 34.4. The maximum absolute atomic E-state index is 14.3. The first kappa shape index (κ1) is 20.2. The molecule has 1 saturated heterocycles. The second-order valence-corrected chi connectivity index (χ2v) is 7.60. The van der Waals surface area contributed by atoms with Gasteiger partial charge in [-0.3, -0.25) is 4.90 Å². The molecule has 5 rings (SSSR count). The van der Waals surface area contributed by atoms with Crippen molar-refractivity contribution >= 4 is 22.4 Å². The molecule has 0 aliphatic carbocycles. The lowest BCUT2D eigenvalue weighted by Gasteiger charge is -2.30. The number of fused-ring (bicyclic) bond motifs is 1. The predicted molar refractivity (Wildman–Crippen MR) is 117 cm³/mol. The minimum atomic E-state index is -0.722. The summed E-state index contributed by atoms with van der Waals surface area (Å²) in [5.41, 5.74) is 0.624. The fraction of sp³-hybridized carbons (Fsp3) is 0.217. The first-order chi connectivity index (χ1) is 15.6. The molecule has 4 aromatic rings. The number of hydrogen-bond donors (Lipinski definition) is 3. The second kappa shape index (κ2) is 8.43. The van der Waals surface area contributed by atoms with E-state index in [4.69, 9.17) is 4.74 Å². The third kappa shape index (κ3) is 3.94. The Bertz CT molecular complexity index is 1240. The molecule has 0 amide bonds. The number of aromatic nitrogens is 3. The standard InChI is InChI=1S/C23H21F2N5O2/c24-15-3-1-4-16(25)21(15)17-11-18(22-19(28-17)13-27-23(22)31)29-20-6-5-14(12-26-20)32-10-9-30-7-2-8-30/h1,3-6,11-13,27,31H,2,7-10H2,(H,26,29). The van der Waals surface area contributed by atoms with E-state index in [1.807, 2.05) is 0 Å². The van der Waals surface area contributed by atoms with E-state index in [1.165, 1.54) is 36.9 Å². The molecule has 1 aliphatic rings. The summed E-state index contributed by atoms with van der Waals surface area (Å²) in [7, 11) is 0. The van der Waals surface area contributed by atoms with Gasteiger partial charge in [-0.05, 0) is 49.8 Å². The van der Waals surface area contributed by atoms with Crippen LogP contribution >= 0.6 is 0 Å². The highest BCUT2D eigenvalue weighted by Gasteiger charge is 2.18. The third-order valence-electron chi connectivity index (χ3n) is 5.47. The lowest BCUT2D eigenvalue weighted by Crippen LogP contribution is -2.39. The predicted octanol–water partition coefficient (Wildman–Crippen LogP) is 4.44. The van der Waals surface area contributed by atoms with Crippen LogP contribution in [0.15, 0.2) is 48.8 Å². The lowest BCUT2D eigenvalue weighted by atomic mass is 10.1. The van der Waals surface area contributed by atoms with Crippen LogP contribution in [0, 0.1) is 11.6 Å². The number of pyridine rings is 2. The van der Waals surface area contributed by atoms with Gasteiger partial charge in [-0.1, -0.05) is 6.07 Å². The summed E-state index contributed by atoms with van der Waals surface area (Å²) in [5.74, 6) is -0.426. The summed E-state index contributed by atoms with van der Waals surface area (Å²) in [4.78, 5) is 13.7. The fourth-order valence-electron chi connectivity index (χ4n) is 3.67. The van der Waals surface area contributed by atoms with Gasteiger partial charge in [-0.15, -0.1) is 0 Å². The molecule has 32 heavy (non-hydrogen) atoms. The molecule has 164 valence electrons. The zero-order valence-corrected chi connectivity index (χ0v) is 17.1. The van der Waals surface area contributed by atoms with Gasteiger partial charge in [-0.25, -0.2) is 18.7 Å². The number of ether oxygens (including phenoxy) is 1. The molecule has 0 bridgehead atoms. The van der Waals surface area contributed by atoms with Crippen molar-refractivity contribution in [2.45, 2.75) is 6.42 Å². The number of aromatic hydroxyl groups is 1. The minimum Gasteiger partial charge on any atom is -0.494 e. The van der Waals surface area contributed by atoms with E-state index < -0.39 is 11.6 Å². The van der Waals surface area contributed by atoms with Gasteiger partial charge in [0.05, 0.1) is 34.0 Å². The number of likely N-dealkylation sites (tertiary alicyclic amines) is 1. The Morgan fingerprint density at radius 3 is 2.66 bits per heavy atom. The van der Waals surface area contributed by atoms with Crippen LogP contribution in [0.2, 0.25) is 0 Å². The molecule has 1 aliphatic heterocycles. The average molecular weight is 437 g/mol. The SMILES string of the molecule is Oc1[nH]cc2nc(-c3c(F)cccc3F)cc(Nc3ccc(OCCN4CCC4)cn3)c12. The van der Waals surface area contributed by atoms with Crippen LogP contribution in [-0.4, -0.2) is 51.2 Å². The minimum absolute atomic E-state index is 0.0977. The number of H-pyrrole nitrogens is 1. The van der Waals surface area contributed by atoms with Crippen LogP contribution < -0.4 is 10.1 Å². The Hall–Kier alpha value is -3.72. The number of nitrogens with one attached hydrogen (secondary N) is 2. The van der Waals surface area contributed by atoms with Gasteiger partial charge < -0.3 is 20.1 Å². The number of anilines is 2. The van der Waals surface area contributed by atoms with E-state index in [1.54, 1.807) is 18.3 Å². The molecule has 0 atom stereocenters. The smallest absolute Gasteiger partial charge is 0.200 e. The third-order valence-corrected chi connectivity index (χ3v) is 5.47. The molecule has 3 aromatic heterocycles. The van der Waals surface area contributed by atoms with Gasteiger partial charge in [0.25, 0.3) is 0 Å². The highest BCUT2D eigenvalue weighted by Crippen LogP contribution is 2.36. The van der Waals surface area contributed by atoms with Gasteiger partial charge in [0.2, 0.25) is 0 Å². The monoisotopic (exact) mass is 437 g/mol. The molecule has 4 heterocycles. The maximum atomic E-state index is 14.3. The van der Waals surface area contributed by atoms with E-state index in [-0.39, 0.29) is 17.1 Å². The summed E-state index contributed by atoms with van der Waals surface area (Å²) >= 11 is 0. The fourth-order valence-corrected chi connectivity index (χ4v) is 3.67. The molecule has 9 heteroatoms. The first-order valence-electron chi connectivity index (χ1n) is 10.3. The maximum Gasteiger partial charge on any atom is 0.200 e. The Kier molecular flexibility index (Phi) is 5.32. The molecular formula is C23H21F2N5O2. The topological polar surface area (TPSA) is 86.3 Å². The van der Waals surface area contributed by atoms with E-state index in [0.29, 0.717) is 34.8 Å². The summed E-state index contributed by atoms with van der Waals surface area (Å²) in [5, 5.41) is 13.7. The molecule has 7 nitrogen and oxygen atoms in total. The van der Waals surface area contributed by atoms with E-state index in [2.05, 4.69) is 25.2 Å². The number of aromatic amines is 1. The van der Waals surface area contributed by atoms with Crippen molar-refractivity contribution in [3.63, 3.8) is 0 Å². The number of hydrogen-bond acceptors (Lipinski definition) is 6. The van der Waals surface area contributed by atoms with Crippen molar-refractivity contribution in [2.24, 2.45) is 0 Å². The van der Waals surface area contributed by atoms with Crippen molar-refractivity contribution in [3.05, 3.63) is 60.4 Å². The highest BCUT2D eigenvalue weighted by atomic mass is 19.1. The van der Waals surface area contributed by atoms with Crippen molar-refractivity contribution < 1.29 is 18.6 Å². The van der Waals surface area contributed by atoms with Crippen LogP contribution in [0.5, 0.6) is 11.6 Å². The Balaban J connectivity index is 1.41. The molecule has 1 fully saturated rings. The molecule has 0 spiro atoms.